The van der Waals surface area contributed by atoms with Crippen molar-refractivity contribution in [1.82, 2.24) is 19.9 Å². The van der Waals surface area contributed by atoms with Crippen LogP contribution in [0.4, 0.5) is 4.79 Å². The van der Waals surface area contributed by atoms with Gasteiger partial charge in [-0.25, -0.2) is 14.4 Å². The van der Waals surface area contributed by atoms with Gasteiger partial charge in [-0.1, -0.05) is 78.9 Å². The lowest BCUT2D eigenvalue weighted by molar-refractivity contribution is -0.133. The molecule has 6 rings (SSSR count). The van der Waals surface area contributed by atoms with E-state index in [0.717, 1.165) is 55.7 Å². The Kier molecular flexibility index (Phi) is 9.36. The second-order valence-corrected chi connectivity index (χ2v) is 12.1. The number of methoxy groups -OCH3 is 1. The van der Waals surface area contributed by atoms with Crippen molar-refractivity contribution in [1.29, 1.82) is 0 Å². The monoisotopic (exact) mass is 632 g/mol. The second-order valence-electron chi connectivity index (χ2n) is 12.1. The molecule has 242 valence electrons. The summed E-state index contributed by atoms with van der Waals surface area (Å²) in [4.78, 5) is 28.8. The maximum absolute atomic E-state index is 14.4. The molecule has 3 atom stereocenters. The lowest BCUT2D eigenvalue weighted by Gasteiger charge is -2.30. The summed E-state index contributed by atoms with van der Waals surface area (Å²) in [6.45, 7) is 9.69. The summed E-state index contributed by atoms with van der Waals surface area (Å²) in [6.07, 6.45) is -0.621. The van der Waals surface area contributed by atoms with Gasteiger partial charge in [-0.05, 0) is 77.9 Å². The number of carbonyl (C=O) groups excluding carboxylic acids is 2. The van der Waals surface area contributed by atoms with Crippen molar-refractivity contribution in [3.05, 3.63) is 124 Å². The third kappa shape index (κ3) is 6.36. The fraction of sp³-hybridized carbons (Fsp3) is 0.316. The van der Waals surface area contributed by atoms with E-state index in [1.807, 2.05) is 86.1 Å². The molecule has 0 aliphatic carbocycles. The number of rotatable bonds is 11. The zero-order valence-electron chi connectivity index (χ0n) is 27.5. The smallest absolute Gasteiger partial charge is 0.417 e. The molecule has 2 amide bonds. The van der Waals surface area contributed by atoms with Gasteiger partial charge in [0.05, 0.1) is 25.8 Å². The molecular weight excluding hydrogens is 592 g/mol. The van der Waals surface area contributed by atoms with E-state index in [4.69, 9.17) is 14.2 Å². The fourth-order valence-electron chi connectivity index (χ4n) is 6.48. The summed E-state index contributed by atoms with van der Waals surface area (Å²) in [5.41, 5.74) is 8.62. The fourth-order valence-corrected chi connectivity index (χ4v) is 6.48. The average Bonchev–Trinajstić information content (AvgIpc) is 3.71. The number of amides is 2. The van der Waals surface area contributed by atoms with E-state index in [1.54, 1.807) is 7.11 Å². The molecule has 0 radical (unpaired) electrons. The van der Waals surface area contributed by atoms with Crippen LogP contribution < -0.4 is 4.74 Å². The van der Waals surface area contributed by atoms with Crippen LogP contribution in [-0.2, 0) is 34.0 Å². The number of fused-ring (bicyclic) bond motifs is 1. The topological polar surface area (TPSA) is 95.8 Å². The number of benzene rings is 4. The summed E-state index contributed by atoms with van der Waals surface area (Å²) >= 11 is 0. The number of ether oxygens (including phenoxy) is 3. The second kappa shape index (κ2) is 13.8. The quantitative estimate of drug-likeness (QED) is 0.151. The normalized spacial score (nSPS) is 15.9. The van der Waals surface area contributed by atoms with Crippen LogP contribution in [0.2, 0.25) is 0 Å². The Labute approximate surface area is 275 Å². The van der Waals surface area contributed by atoms with Gasteiger partial charge in [0.15, 0.2) is 0 Å². The van der Waals surface area contributed by atoms with E-state index in [-0.39, 0.29) is 18.4 Å². The molecule has 0 spiro atoms. The first-order valence-electron chi connectivity index (χ1n) is 16.0. The number of imide groups is 1. The molecule has 1 aliphatic rings. The Morgan fingerprint density at radius 3 is 2.49 bits per heavy atom. The number of aryl methyl sites for hydroxylation is 3. The van der Waals surface area contributed by atoms with E-state index in [2.05, 4.69) is 41.5 Å². The number of cyclic esters (lactones) is 1. The van der Waals surface area contributed by atoms with Crippen LogP contribution in [0, 0.1) is 19.8 Å². The van der Waals surface area contributed by atoms with Gasteiger partial charge in [0.2, 0.25) is 5.91 Å². The van der Waals surface area contributed by atoms with Gasteiger partial charge in [0.25, 0.3) is 0 Å². The van der Waals surface area contributed by atoms with Crippen molar-refractivity contribution in [2.45, 2.75) is 59.4 Å². The van der Waals surface area contributed by atoms with E-state index >= 15 is 0 Å². The van der Waals surface area contributed by atoms with Crippen LogP contribution >= 0.6 is 0 Å². The highest BCUT2D eigenvalue weighted by Gasteiger charge is 2.43. The molecule has 2 unspecified atom stereocenters. The molecule has 1 aliphatic heterocycles. The van der Waals surface area contributed by atoms with E-state index in [0.29, 0.717) is 19.8 Å². The Morgan fingerprint density at radius 2 is 1.77 bits per heavy atom. The van der Waals surface area contributed by atoms with Crippen LogP contribution in [0.3, 0.4) is 0 Å². The SMILES string of the molecule is CCn1nnc2c(C)c(C(c3ccc(C)c(COCc4ccc(OC)cc4)c3)C(C)C(=O)N3C(=O)OC[C@H]3c3ccccc3)ccc21. The van der Waals surface area contributed by atoms with Crippen molar-refractivity contribution in [3.63, 3.8) is 0 Å². The van der Waals surface area contributed by atoms with E-state index < -0.39 is 18.1 Å². The third-order valence-corrected chi connectivity index (χ3v) is 9.22. The Morgan fingerprint density at radius 1 is 1.00 bits per heavy atom. The molecule has 47 heavy (non-hydrogen) atoms. The van der Waals surface area contributed by atoms with Crippen LogP contribution in [0.15, 0.2) is 84.9 Å². The minimum absolute atomic E-state index is 0.122. The van der Waals surface area contributed by atoms with E-state index in [9.17, 15) is 9.59 Å². The third-order valence-electron chi connectivity index (χ3n) is 9.22. The van der Waals surface area contributed by atoms with Crippen molar-refractivity contribution >= 4 is 23.0 Å². The number of nitrogens with zero attached hydrogens (tertiary/aromatic N) is 4. The number of carbonyl (C=O) groups is 2. The molecule has 9 heteroatoms. The van der Waals surface area contributed by atoms with E-state index in [1.165, 1.54) is 4.90 Å². The molecule has 5 aromatic rings. The first kappa shape index (κ1) is 31.9. The van der Waals surface area contributed by atoms with Gasteiger partial charge in [0, 0.05) is 18.4 Å². The lowest BCUT2D eigenvalue weighted by Crippen LogP contribution is -2.40. The molecule has 1 aromatic heterocycles. The van der Waals surface area contributed by atoms with Crippen molar-refractivity contribution in [3.8, 4) is 5.75 Å². The largest absolute Gasteiger partial charge is 0.497 e. The Hall–Kier alpha value is -5.02. The highest BCUT2D eigenvalue weighted by atomic mass is 16.6. The predicted molar refractivity (Wildman–Crippen MR) is 179 cm³/mol. The molecule has 1 saturated heterocycles. The lowest BCUT2D eigenvalue weighted by atomic mass is 9.78. The molecule has 2 heterocycles. The number of aromatic nitrogens is 3. The predicted octanol–water partition coefficient (Wildman–Crippen LogP) is 7.28. The zero-order chi connectivity index (χ0) is 33.1. The van der Waals surface area contributed by atoms with Gasteiger partial charge in [-0.2, -0.15) is 0 Å². The van der Waals surface area contributed by atoms with Crippen molar-refractivity contribution in [2.75, 3.05) is 13.7 Å². The minimum atomic E-state index is -0.621. The Balaban J connectivity index is 1.36. The van der Waals surface area contributed by atoms with Crippen LogP contribution in [0.25, 0.3) is 11.0 Å². The average molecular weight is 633 g/mol. The van der Waals surface area contributed by atoms with Crippen LogP contribution in [0.1, 0.15) is 64.8 Å². The highest BCUT2D eigenvalue weighted by Crippen LogP contribution is 2.40. The molecule has 0 N–H and O–H groups in total. The first-order valence-corrected chi connectivity index (χ1v) is 16.0. The minimum Gasteiger partial charge on any atom is -0.497 e. The van der Waals surface area contributed by atoms with Crippen molar-refractivity contribution < 1.29 is 23.8 Å². The molecule has 0 bridgehead atoms. The van der Waals surface area contributed by atoms with Gasteiger partial charge in [0.1, 0.15) is 23.9 Å². The standard InChI is InChI=1S/C38H40N4O5/c1-6-41-33-19-18-32(25(3)36(33)39-40-41)35(26(4)37(43)42-34(23-47-38(42)44)28-10-8-7-9-11-28)29-15-12-24(2)30(20-29)22-46-21-27-13-16-31(45-5)17-14-27/h7-20,26,34-35H,6,21-23H2,1-5H3/t26?,34-,35?/m0/s1. The van der Waals surface area contributed by atoms with Gasteiger partial charge in [-0.3, -0.25) is 4.79 Å². The highest BCUT2D eigenvalue weighted by molar-refractivity contribution is 5.95. The summed E-state index contributed by atoms with van der Waals surface area (Å²) in [5, 5.41) is 8.84. The number of hydrogen-bond donors (Lipinski definition) is 0. The summed E-state index contributed by atoms with van der Waals surface area (Å²) < 4.78 is 18.7. The molecule has 9 nitrogen and oxygen atoms in total. The summed E-state index contributed by atoms with van der Waals surface area (Å²) in [5.74, 6) is -0.486. The number of hydrogen-bond acceptors (Lipinski definition) is 7. The van der Waals surface area contributed by atoms with Crippen LogP contribution in [0.5, 0.6) is 5.75 Å². The van der Waals surface area contributed by atoms with Gasteiger partial charge >= 0.3 is 6.09 Å². The maximum Gasteiger partial charge on any atom is 0.417 e. The molecule has 4 aromatic carbocycles. The molecular formula is C38H40N4O5. The first-order chi connectivity index (χ1) is 22.8. The van der Waals surface area contributed by atoms with Crippen molar-refractivity contribution in [2.24, 2.45) is 5.92 Å². The molecule has 1 fully saturated rings. The maximum atomic E-state index is 14.4. The zero-order valence-corrected chi connectivity index (χ0v) is 27.5. The summed E-state index contributed by atoms with van der Waals surface area (Å²) in [6, 6.07) is 27.2. The van der Waals surface area contributed by atoms with Gasteiger partial charge in [-0.15, -0.1) is 5.10 Å². The molecule has 0 saturated carbocycles. The Bertz CT molecular complexity index is 1890. The summed E-state index contributed by atoms with van der Waals surface area (Å²) in [7, 11) is 1.65. The van der Waals surface area contributed by atoms with Crippen LogP contribution in [-0.4, -0.2) is 45.6 Å². The van der Waals surface area contributed by atoms with Gasteiger partial charge < -0.3 is 14.2 Å².